The van der Waals surface area contributed by atoms with Gasteiger partial charge in [0, 0.05) is 3.57 Å². The van der Waals surface area contributed by atoms with Crippen LogP contribution >= 0.6 is 57.4 Å². The van der Waals surface area contributed by atoms with E-state index in [0.717, 1.165) is 14.7 Å². The molecule has 2 aromatic carbocycles. The molecule has 100 valence electrons. The number of halogens is 5. The Hall–Kier alpha value is -0.0300. The van der Waals surface area contributed by atoms with Crippen molar-refractivity contribution >= 4 is 57.4 Å². The Morgan fingerprint density at radius 2 is 1.26 bits per heavy atom. The normalized spacial score (nSPS) is 13.3. The molecule has 19 heavy (non-hydrogen) atoms. The molecule has 0 N–H and O–H groups in total. The molecule has 0 saturated carbocycles. The van der Waals surface area contributed by atoms with E-state index in [-0.39, 0.29) is 5.82 Å². The molecule has 1 unspecified atom stereocenters. The van der Waals surface area contributed by atoms with Crippen molar-refractivity contribution in [3.05, 3.63) is 69.0 Å². The van der Waals surface area contributed by atoms with Gasteiger partial charge in [-0.15, -0.1) is 0 Å². The molecule has 5 heteroatoms. The van der Waals surface area contributed by atoms with Gasteiger partial charge in [-0.05, 0) is 58.0 Å². The van der Waals surface area contributed by atoms with Gasteiger partial charge in [-0.1, -0.05) is 59.1 Å². The number of rotatable bonds is 2. The molecule has 2 rings (SSSR count). The minimum absolute atomic E-state index is 0.311. The van der Waals surface area contributed by atoms with Crippen molar-refractivity contribution in [1.29, 1.82) is 0 Å². The van der Waals surface area contributed by atoms with Crippen LogP contribution in [0.4, 0.5) is 4.39 Å². The van der Waals surface area contributed by atoms with E-state index in [1.165, 1.54) is 12.1 Å². The summed E-state index contributed by atoms with van der Waals surface area (Å²) < 4.78 is 12.6. The van der Waals surface area contributed by atoms with Gasteiger partial charge in [0.05, 0.1) is 5.92 Å². The van der Waals surface area contributed by atoms with Gasteiger partial charge in [-0.3, -0.25) is 0 Å². The highest BCUT2D eigenvalue weighted by Gasteiger charge is 2.35. The summed E-state index contributed by atoms with van der Waals surface area (Å²) in [4.78, 5) is 0. The lowest BCUT2D eigenvalue weighted by Gasteiger charge is -2.25. The van der Waals surface area contributed by atoms with Gasteiger partial charge in [0.15, 0.2) is 0 Å². The first kappa shape index (κ1) is 15.4. The quantitative estimate of drug-likeness (QED) is 0.410. The first-order valence-corrected chi connectivity index (χ1v) is 7.67. The van der Waals surface area contributed by atoms with Gasteiger partial charge in [0.25, 0.3) is 0 Å². The van der Waals surface area contributed by atoms with Crippen LogP contribution < -0.4 is 0 Å². The molecule has 0 aliphatic heterocycles. The van der Waals surface area contributed by atoms with Crippen molar-refractivity contribution in [2.45, 2.75) is 9.71 Å². The third kappa shape index (κ3) is 3.97. The second kappa shape index (κ2) is 6.17. The van der Waals surface area contributed by atoms with E-state index >= 15 is 0 Å². The molecule has 0 bridgehead atoms. The molecule has 0 fully saturated rings. The third-order valence-corrected chi connectivity index (χ3v) is 4.11. The second-order valence-electron chi connectivity index (χ2n) is 4.08. The van der Waals surface area contributed by atoms with Crippen LogP contribution in [0.1, 0.15) is 17.0 Å². The van der Waals surface area contributed by atoms with Gasteiger partial charge in [0.2, 0.25) is 3.79 Å². The van der Waals surface area contributed by atoms with Crippen LogP contribution in [0.3, 0.4) is 0 Å². The van der Waals surface area contributed by atoms with E-state index in [1.54, 1.807) is 12.1 Å². The largest absolute Gasteiger partial charge is 0.207 e. The van der Waals surface area contributed by atoms with E-state index in [0.29, 0.717) is 0 Å². The highest BCUT2D eigenvalue weighted by Crippen LogP contribution is 2.45. The molecular formula is C14H9Cl3FI. The summed E-state index contributed by atoms with van der Waals surface area (Å²) in [7, 11) is 0. The highest BCUT2D eigenvalue weighted by atomic mass is 127. The molecule has 0 aromatic heterocycles. The van der Waals surface area contributed by atoms with E-state index in [9.17, 15) is 4.39 Å². The molecule has 0 nitrogen and oxygen atoms in total. The molecule has 0 amide bonds. The van der Waals surface area contributed by atoms with Crippen LogP contribution in [-0.2, 0) is 0 Å². The predicted octanol–water partition coefficient (Wildman–Crippen LogP) is 5.93. The van der Waals surface area contributed by atoms with Gasteiger partial charge < -0.3 is 0 Å². The van der Waals surface area contributed by atoms with E-state index in [2.05, 4.69) is 22.6 Å². The minimum atomic E-state index is -1.50. The van der Waals surface area contributed by atoms with Gasteiger partial charge in [0.1, 0.15) is 5.82 Å². The summed E-state index contributed by atoms with van der Waals surface area (Å²) in [6, 6.07) is 13.7. The summed E-state index contributed by atoms with van der Waals surface area (Å²) in [5, 5.41) is 0. The smallest absolute Gasteiger partial charge is 0.201 e. The minimum Gasteiger partial charge on any atom is -0.207 e. The zero-order chi connectivity index (χ0) is 14.0. The maximum Gasteiger partial charge on any atom is 0.201 e. The van der Waals surface area contributed by atoms with Crippen molar-refractivity contribution in [3.63, 3.8) is 0 Å². The molecule has 1 atom stereocenters. The lowest BCUT2D eigenvalue weighted by atomic mass is 9.92. The SMILES string of the molecule is Fc1ccc(C(c2ccc(I)cc2)C(Cl)(Cl)Cl)cc1. The van der Waals surface area contributed by atoms with Gasteiger partial charge >= 0.3 is 0 Å². The molecule has 0 spiro atoms. The maximum absolute atomic E-state index is 13.0. The molecule has 0 aliphatic carbocycles. The summed E-state index contributed by atoms with van der Waals surface area (Å²) in [5.74, 6) is -0.746. The topological polar surface area (TPSA) is 0 Å². The molecule has 2 aromatic rings. The average molecular weight is 429 g/mol. The van der Waals surface area contributed by atoms with E-state index < -0.39 is 9.71 Å². The summed E-state index contributed by atoms with van der Waals surface area (Å²) in [6.07, 6.45) is 0. The van der Waals surface area contributed by atoms with Crippen LogP contribution in [0.5, 0.6) is 0 Å². The predicted molar refractivity (Wildman–Crippen MR) is 87.7 cm³/mol. The van der Waals surface area contributed by atoms with Gasteiger partial charge in [-0.25, -0.2) is 4.39 Å². The molecule has 0 aliphatic rings. The Labute approximate surface area is 140 Å². The van der Waals surface area contributed by atoms with Crippen LogP contribution in [0.2, 0.25) is 0 Å². The van der Waals surface area contributed by atoms with Crippen LogP contribution in [0, 0.1) is 9.39 Å². The Kier molecular flexibility index (Phi) is 4.99. The number of benzene rings is 2. The lowest BCUT2D eigenvalue weighted by Crippen LogP contribution is -2.18. The van der Waals surface area contributed by atoms with Crippen molar-refractivity contribution < 1.29 is 4.39 Å². The number of hydrogen-bond acceptors (Lipinski definition) is 0. The van der Waals surface area contributed by atoms with E-state index in [1.807, 2.05) is 24.3 Å². The standard InChI is InChI=1S/C14H9Cl3FI/c15-14(16,17)13(9-1-5-11(18)6-2-9)10-3-7-12(19)8-4-10/h1-8,13H. The van der Waals surface area contributed by atoms with Gasteiger partial charge in [-0.2, -0.15) is 0 Å². The van der Waals surface area contributed by atoms with Crippen LogP contribution in [-0.4, -0.2) is 3.79 Å². The van der Waals surface area contributed by atoms with Crippen molar-refractivity contribution in [1.82, 2.24) is 0 Å². The average Bonchev–Trinajstić information content (AvgIpc) is 2.33. The van der Waals surface area contributed by atoms with Crippen molar-refractivity contribution in [2.24, 2.45) is 0 Å². The first-order valence-electron chi connectivity index (χ1n) is 5.45. The zero-order valence-corrected chi connectivity index (χ0v) is 14.0. The fourth-order valence-electron chi connectivity index (χ4n) is 1.88. The maximum atomic E-state index is 13.0. The monoisotopic (exact) mass is 428 g/mol. The summed E-state index contributed by atoms with van der Waals surface area (Å²) in [5.41, 5.74) is 1.65. The fraction of sp³-hybridized carbons (Fsp3) is 0.143. The summed E-state index contributed by atoms with van der Waals surface area (Å²) >= 11 is 20.5. The van der Waals surface area contributed by atoms with Crippen molar-refractivity contribution in [3.8, 4) is 0 Å². The molecule has 0 heterocycles. The molecular weight excluding hydrogens is 420 g/mol. The Morgan fingerprint density at radius 1 is 0.842 bits per heavy atom. The molecule has 0 radical (unpaired) electrons. The fourth-order valence-corrected chi connectivity index (χ4v) is 3.00. The Balaban J connectivity index is 2.47. The zero-order valence-electron chi connectivity index (χ0n) is 9.59. The highest BCUT2D eigenvalue weighted by molar-refractivity contribution is 14.1. The number of hydrogen-bond donors (Lipinski definition) is 0. The third-order valence-electron chi connectivity index (χ3n) is 2.73. The number of alkyl halides is 3. The lowest BCUT2D eigenvalue weighted by molar-refractivity contribution is 0.626. The summed E-state index contributed by atoms with van der Waals surface area (Å²) in [6.45, 7) is 0. The second-order valence-corrected chi connectivity index (χ2v) is 7.69. The Bertz CT molecular complexity index is 501. The molecule has 0 saturated heterocycles. The van der Waals surface area contributed by atoms with E-state index in [4.69, 9.17) is 34.8 Å². The first-order chi connectivity index (χ1) is 8.88. The van der Waals surface area contributed by atoms with Crippen LogP contribution in [0.25, 0.3) is 0 Å². The Morgan fingerprint density at radius 3 is 1.68 bits per heavy atom. The van der Waals surface area contributed by atoms with Crippen molar-refractivity contribution in [2.75, 3.05) is 0 Å². The van der Waals surface area contributed by atoms with Crippen LogP contribution in [0.15, 0.2) is 48.5 Å².